The molecule has 0 saturated heterocycles. The Morgan fingerprint density at radius 1 is 1.00 bits per heavy atom. The fourth-order valence-corrected chi connectivity index (χ4v) is 0.890. The van der Waals surface area contributed by atoms with Crippen LogP contribution in [0.15, 0.2) is 48.8 Å². The van der Waals surface area contributed by atoms with Crippen molar-refractivity contribution < 1.29 is 10.2 Å². The molecule has 2 aromatic rings. The lowest BCUT2D eigenvalue weighted by Crippen LogP contribution is -1.69. The Hall–Kier alpha value is -2.54. The fraction of sp³-hybridized carbons (Fsp3) is 0. The summed E-state index contributed by atoms with van der Waals surface area (Å²) >= 11 is 0. The van der Waals surface area contributed by atoms with Crippen molar-refractivity contribution in [1.29, 1.82) is 5.26 Å². The molecule has 80 valence electrons. The largest absolute Gasteiger partial charge is 0.508 e. The predicted molar refractivity (Wildman–Crippen MR) is 58.7 cm³/mol. The van der Waals surface area contributed by atoms with E-state index in [1.807, 2.05) is 6.07 Å². The van der Waals surface area contributed by atoms with Crippen molar-refractivity contribution >= 4 is 0 Å². The van der Waals surface area contributed by atoms with Crippen LogP contribution in [0.3, 0.4) is 0 Å². The van der Waals surface area contributed by atoms with Gasteiger partial charge in [-0.2, -0.15) is 5.26 Å². The number of aromatic nitrogens is 1. The SMILES string of the molecule is N#Cc1ccc(O)cc1.Oc1cccnc1. The van der Waals surface area contributed by atoms with Gasteiger partial charge in [0.1, 0.15) is 11.5 Å². The lowest BCUT2D eigenvalue weighted by atomic mass is 10.2. The number of hydrogen-bond acceptors (Lipinski definition) is 4. The summed E-state index contributed by atoms with van der Waals surface area (Å²) in [6.45, 7) is 0. The Morgan fingerprint density at radius 2 is 1.69 bits per heavy atom. The quantitative estimate of drug-likeness (QED) is 0.703. The maximum atomic E-state index is 8.74. The Labute approximate surface area is 93.1 Å². The maximum absolute atomic E-state index is 8.74. The Kier molecular flexibility index (Phi) is 4.35. The summed E-state index contributed by atoms with van der Waals surface area (Å²) in [7, 11) is 0. The standard InChI is InChI=1S/C7H5NO.C5H5NO/c8-5-6-1-3-7(9)4-2-6;7-5-2-1-3-6-4-5/h1-4,9H;1-4,7H. The third-order valence-corrected chi connectivity index (χ3v) is 1.64. The molecular formula is C12H10N2O2. The molecule has 0 radical (unpaired) electrons. The number of nitrogens with zero attached hydrogens (tertiary/aromatic N) is 2. The van der Waals surface area contributed by atoms with Gasteiger partial charge in [0.25, 0.3) is 0 Å². The zero-order chi connectivity index (χ0) is 11.8. The predicted octanol–water partition coefficient (Wildman–Crippen LogP) is 2.05. The number of nitriles is 1. The second-order valence-electron chi connectivity index (χ2n) is 2.87. The minimum absolute atomic E-state index is 0.189. The van der Waals surface area contributed by atoms with Gasteiger partial charge in [0.2, 0.25) is 0 Å². The van der Waals surface area contributed by atoms with Crippen molar-refractivity contribution in [1.82, 2.24) is 4.98 Å². The van der Waals surface area contributed by atoms with Crippen molar-refractivity contribution in [3.8, 4) is 17.6 Å². The van der Waals surface area contributed by atoms with E-state index in [1.165, 1.54) is 18.3 Å². The van der Waals surface area contributed by atoms with Crippen LogP contribution in [0.4, 0.5) is 0 Å². The number of phenolic OH excluding ortho intramolecular Hbond substituents is 1. The molecule has 0 aliphatic rings. The number of hydrogen-bond donors (Lipinski definition) is 2. The number of pyridine rings is 1. The average Bonchev–Trinajstić information content (AvgIpc) is 2.32. The lowest BCUT2D eigenvalue weighted by molar-refractivity contribution is 0.472. The molecule has 1 aromatic heterocycles. The molecule has 0 amide bonds. The Morgan fingerprint density at radius 3 is 2.06 bits per heavy atom. The van der Waals surface area contributed by atoms with Crippen LogP contribution in [0.25, 0.3) is 0 Å². The topological polar surface area (TPSA) is 77.1 Å². The third-order valence-electron chi connectivity index (χ3n) is 1.64. The zero-order valence-corrected chi connectivity index (χ0v) is 8.41. The van der Waals surface area contributed by atoms with E-state index in [-0.39, 0.29) is 11.5 Å². The van der Waals surface area contributed by atoms with Gasteiger partial charge in [-0.3, -0.25) is 4.98 Å². The molecule has 2 rings (SSSR count). The van der Waals surface area contributed by atoms with E-state index in [9.17, 15) is 0 Å². The molecule has 0 saturated carbocycles. The van der Waals surface area contributed by atoms with Gasteiger partial charge in [0, 0.05) is 6.20 Å². The molecule has 1 aromatic carbocycles. The van der Waals surface area contributed by atoms with E-state index >= 15 is 0 Å². The summed E-state index contributed by atoms with van der Waals surface area (Å²) in [5.74, 6) is 0.400. The van der Waals surface area contributed by atoms with Gasteiger partial charge in [-0.15, -0.1) is 0 Å². The minimum atomic E-state index is 0.189. The van der Waals surface area contributed by atoms with Crippen LogP contribution in [0, 0.1) is 11.3 Å². The van der Waals surface area contributed by atoms with Crippen LogP contribution in [0.2, 0.25) is 0 Å². The van der Waals surface area contributed by atoms with Crippen LogP contribution < -0.4 is 0 Å². The molecule has 4 heteroatoms. The molecule has 0 bridgehead atoms. The van der Waals surface area contributed by atoms with E-state index in [1.54, 1.807) is 30.5 Å². The molecule has 16 heavy (non-hydrogen) atoms. The first-order valence-corrected chi connectivity index (χ1v) is 4.50. The van der Waals surface area contributed by atoms with Gasteiger partial charge in [0.05, 0.1) is 17.8 Å². The first kappa shape index (κ1) is 11.5. The summed E-state index contributed by atoms with van der Waals surface area (Å²) in [5, 5.41) is 25.6. The van der Waals surface area contributed by atoms with Gasteiger partial charge in [-0.05, 0) is 36.4 Å². The highest BCUT2D eigenvalue weighted by Gasteiger charge is 1.86. The smallest absolute Gasteiger partial charge is 0.133 e. The Balaban J connectivity index is 0.000000165. The molecule has 0 atom stereocenters. The summed E-state index contributed by atoms with van der Waals surface area (Å²) in [6, 6.07) is 11.3. The highest BCUT2D eigenvalue weighted by molar-refractivity contribution is 5.33. The van der Waals surface area contributed by atoms with Crippen molar-refractivity contribution in [2.45, 2.75) is 0 Å². The number of benzene rings is 1. The highest BCUT2D eigenvalue weighted by Crippen LogP contribution is 2.07. The number of phenols is 1. The van der Waals surface area contributed by atoms with Crippen LogP contribution in [-0.2, 0) is 0 Å². The normalized spacial score (nSPS) is 8.44. The van der Waals surface area contributed by atoms with Gasteiger partial charge < -0.3 is 10.2 Å². The molecule has 0 fully saturated rings. The van der Waals surface area contributed by atoms with Crippen molar-refractivity contribution in [2.75, 3.05) is 0 Å². The van der Waals surface area contributed by atoms with Gasteiger partial charge >= 0.3 is 0 Å². The molecule has 0 spiro atoms. The lowest BCUT2D eigenvalue weighted by Gasteiger charge is -1.87. The minimum Gasteiger partial charge on any atom is -0.508 e. The molecule has 1 heterocycles. The van der Waals surface area contributed by atoms with Crippen molar-refractivity contribution in [2.24, 2.45) is 0 Å². The molecular weight excluding hydrogens is 204 g/mol. The first-order chi connectivity index (χ1) is 7.72. The summed E-state index contributed by atoms with van der Waals surface area (Å²) in [5.41, 5.74) is 0.563. The molecule has 0 unspecified atom stereocenters. The second kappa shape index (κ2) is 6.04. The fourth-order valence-electron chi connectivity index (χ4n) is 0.890. The van der Waals surface area contributed by atoms with Crippen LogP contribution in [0.1, 0.15) is 5.56 Å². The third kappa shape index (κ3) is 4.11. The van der Waals surface area contributed by atoms with Gasteiger partial charge in [0.15, 0.2) is 0 Å². The Bertz CT molecular complexity index is 461. The van der Waals surface area contributed by atoms with Crippen LogP contribution in [0.5, 0.6) is 11.5 Å². The molecule has 0 aliphatic carbocycles. The van der Waals surface area contributed by atoms with Crippen molar-refractivity contribution in [3.05, 3.63) is 54.4 Å². The van der Waals surface area contributed by atoms with Crippen molar-refractivity contribution in [3.63, 3.8) is 0 Å². The average molecular weight is 214 g/mol. The van der Waals surface area contributed by atoms with Crippen LogP contribution in [-0.4, -0.2) is 15.2 Å². The van der Waals surface area contributed by atoms with Gasteiger partial charge in [-0.1, -0.05) is 0 Å². The molecule has 0 aliphatic heterocycles. The van der Waals surface area contributed by atoms with E-state index in [4.69, 9.17) is 15.5 Å². The molecule has 2 N–H and O–H groups in total. The number of aromatic hydroxyl groups is 2. The zero-order valence-electron chi connectivity index (χ0n) is 8.41. The molecule has 4 nitrogen and oxygen atoms in total. The van der Waals surface area contributed by atoms with E-state index in [0.29, 0.717) is 5.56 Å². The van der Waals surface area contributed by atoms with Gasteiger partial charge in [-0.25, -0.2) is 0 Å². The van der Waals surface area contributed by atoms with E-state index in [0.717, 1.165) is 0 Å². The highest BCUT2D eigenvalue weighted by atomic mass is 16.3. The summed E-state index contributed by atoms with van der Waals surface area (Å²) in [4.78, 5) is 3.63. The van der Waals surface area contributed by atoms with E-state index < -0.39 is 0 Å². The second-order valence-corrected chi connectivity index (χ2v) is 2.87. The maximum Gasteiger partial charge on any atom is 0.133 e. The monoisotopic (exact) mass is 214 g/mol. The summed E-state index contributed by atoms with van der Waals surface area (Å²) < 4.78 is 0. The van der Waals surface area contributed by atoms with E-state index in [2.05, 4.69) is 4.98 Å². The summed E-state index contributed by atoms with van der Waals surface area (Å²) in [6.07, 6.45) is 3.00. The first-order valence-electron chi connectivity index (χ1n) is 4.50. The van der Waals surface area contributed by atoms with Crippen LogP contribution >= 0.6 is 0 Å². The number of rotatable bonds is 0.